The molecule has 1 aliphatic heterocycles. The third-order valence-corrected chi connectivity index (χ3v) is 5.78. The Balaban J connectivity index is 2.96. The average molecular weight is 539 g/mol. The van der Waals surface area contributed by atoms with Gasteiger partial charge < -0.3 is 10.6 Å². The van der Waals surface area contributed by atoms with Gasteiger partial charge in [0.05, 0.1) is 0 Å². The van der Waals surface area contributed by atoms with E-state index in [9.17, 15) is 9.59 Å². The number of amides is 2. The number of hydrogen-bond donors (Lipinski definition) is 2. The van der Waals surface area contributed by atoms with Gasteiger partial charge in [-0.15, -0.1) is 0 Å². The Morgan fingerprint density at radius 3 is 1.25 bits per heavy atom. The molecule has 0 aromatic carbocycles. The maximum Gasteiger partial charge on any atom is 0.246 e. The van der Waals surface area contributed by atoms with E-state index in [4.69, 9.17) is 0 Å². The van der Waals surface area contributed by atoms with Crippen LogP contribution in [0.1, 0.15) is 41.5 Å². The van der Waals surface area contributed by atoms with Gasteiger partial charge >= 0.3 is 0 Å². The number of carbonyl (C=O) groups excluding carboxylic acids is 2. The lowest BCUT2D eigenvalue weighted by atomic mass is 10.1. The summed E-state index contributed by atoms with van der Waals surface area (Å²) in [4.78, 5) is 24.7. The second kappa shape index (κ2) is 20.7. The van der Waals surface area contributed by atoms with Crippen LogP contribution >= 0.6 is 0 Å². The highest BCUT2D eigenvalue weighted by atomic mass is 16.2. The number of carbonyl (C=O) groups is 2. The minimum absolute atomic E-state index is 0.0624. The summed E-state index contributed by atoms with van der Waals surface area (Å²) < 4.78 is 0. The van der Waals surface area contributed by atoms with Gasteiger partial charge in [-0.05, 0) is 39.5 Å². The average Bonchev–Trinajstić information content (AvgIpc) is 2.92. The van der Waals surface area contributed by atoms with Crippen molar-refractivity contribution in [3.8, 4) is 0 Å². The first-order valence-corrected chi connectivity index (χ1v) is 13.8. The molecule has 0 aliphatic carbocycles. The molecular formula is C36H46N2O2. The van der Waals surface area contributed by atoms with Crippen LogP contribution in [0, 0.1) is 11.8 Å². The van der Waals surface area contributed by atoms with Gasteiger partial charge in [-0.2, -0.15) is 0 Å². The number of rotatable bonds is 0. The lowest BCUT2D eigenvalue weighted by Gasteiger charge is -2.08. The molecule has 1 rings (SSSR count). The van der Waals surface area contributed by atoms with Gasteiger partial charge in [0.1, 0.15) is 0 Å². The highest BCUT2D eigenvalue weighted by Gasteiger charge is 2.05. The van der Waals surface area contributed by atoms with E-state index in [1.54, 1.807) is 0 Å². The molecule has 0 fully saturated rings. The molecule has 0 saturated heterocycles. The van der Waals surface area contributed by atoms with Crippen molar-refractivity contribution in [2.75, 3.05) is 13.1 Å². The number of nitrogens with one attached hydrogen (secondary N) is 2. The largest absolute Gasteiger partial charge is 0.352 e. The molecule has 40 heavy (non-hydrogen) atoms. The summed E-state index contributed by atoms with van der Waals surface area (Å²) in [5.41, 5.74) is 3.49. The van der Waals surface area contributed by atoms with Crippen LogP contribution in [0.4, 0.5) is 0 Å². The molecule has 2 amide bonds. The molecule has 212 valence electrons. The first-order valence-electron chi connectivity index (χ1n) is 13.8. The van der Waals surface area contributed by atoms with Gasteiger partial charge in [-0.25, -0.2) is 0 Å². The van der Waals surface area contributed by atoms with E-state index < -0.39 is 0 Å². The SMILES string of the molecule is CC1=CC=CC=CC=C[C@H](C)CNC(=O)C(C)=CC=CC(C)=CC=CC=CC=C[C@H](C)CNC(=O)C(C)=CC=C1. The molecule has 4 nitrogen and oxygen atoms in total. The van der Waals surface area contributed by atoms with E-state index in [-0.39, 0.29) is 23.7 Å². The Hall–Kier alpha value is -4.18. The lowest BCUT2D eigenvalue weighted by molar-refractivity contribution is -0.118. The Bertz CT molecular complexity index is 1100. The molecule has 0 radical (unpaired) electrons. The van der Waals surface area contributed by atoms with Crippen molar-refractivity contribution in [2.45, 2.75) is 41.5 Å². The topological polar surface area (TPSA) is 58.2 Å². The fraction of sp³-hybridized carbons (Fsp3) is 0.278. The van der Waals surface area contributed by atoms with Crippen molar-refractivity contribution >= 4 is 11.8 Å². The standard InChI is InChI=1S/C36H46N2O2/c1-29-19-13-9-7-11-15-21-31(3)28-38-36(40)34(6)26-18-24-30(2)20-14-10-8-12-16-22-32(4)27-37-35(39)33(5)25-17-23-29/h7-26,31-32H,27-28H2,1-6H3,(H,37,39)(H,38,40)/t31-,32-/m0/s1. The van der Waals surface area contributed by atoms with E-state index in [1.807, 2.05) is 137 Å². The third-order valence-electron chi connectivity index (χ3n) is 5.78. The molecule has 0 aromatic rings. The van der Waals surface area contributed by atoms with Crippen molar-refractivity contribution in [3.05, 3.63) is 144 Å². The van der Waals surface area contributed by atoms with Crippen LogP contribution in [-0.2, 0) is 9.59 Å². The summed E-state index contributed by atoms with van der Waals surface area (Å²) >= 11 is 0. The maximum absolute atomic E-state index is 12.4. The van der Waals surface area contributed by atoms with E-state index in [0.717, 1.165) is 11.1 Å². The monoisotopic (exact) mass is 538 g/mol. The Kier molecular flexibility index (Phi) is 17.6. The third kappa shape index (κ3) is 17.4. The summed E-state index contributed by atoms with van der Waals surface area (Å²) in [5.74, 6) is 0.303. The van der Waals surface area contributed by atoms with Crippen LogP contribution in [0.5, 0.6) is 0 Å². The fourth-order valence-electron chi connectivity index (χ4n) is 3.18. The zero-order chi connectivity index (χ0) is 29.6. The van der Waals surface area contributed by atoms with E-state index >= 15 is 0 Å². The summed E-state index contributed by atoms with van der Waals surface area (Å²) in [7, 11) is 0. The quantitative estimate of drug-likeness (QED) is 0.331. The van der Waals surface area contributed by atoms with Crippen LogP contribution in [0.2, 0.25) is 0 Å². The number of allylic oxidation sites excluding steroid dienone is 20. The molecule has 2 atom stereocenters. The summed E-state index contributed by atoms with van der Waals surface area (Å²) in [6.45, 7) is 12.9. The molecule has 0 saturated carbocycles. The molecule has 2 N–H and O–H groups in total. The van der Waals surface area contributed by atoms with Crippen LogP contribution in [0.15, 0.2) is 144 Å². The zero-order valence-electron chi connectivity index (χ0n) is 24.9. The van der Waals surface area contributed by atoms with Gasteiger partial charge in [0.2, 0.25) is 11.8 Å². The van der Waals surface area contributed by atoms with Gasteiger partial charge in [-0.1, -0.05) is 147 Å². The first kappa shape index (κ1) is 33.8. The van der Waals surface area contributed by atoms with E-state index in [0.29, 0.717) is 24.2 Å². The number of hydrogen-bond acceptors (Lipinski definition) is 2. The smallest absolute Gasteiger partial charge is 0.246 e. The predicted molar refractivity (Wildman–Crippen MR) is 172 cm³/mol. The van der Waals surface area contributed by atoms with Gasteiger partial charge in [0.25, 0.3) is 0 Å². The first-order chi connectivity index (χ1) is 19.2. The molecule has 1 aliphatic rings. The van der Waals surface area contributed by atoms with Crippen LogP contribution in [0.3, 0.4) is 0 Å². The Labute approximate surface area is 242 Å². The minimum Gasteiger partial charge on any atom is -0.352 e. The Morgan fingerprint density at radius 1 is 0.500 bits per heavy atom. The van der Waals surface area contributed by atoms with Crippen molar-refractivity contribution in [1.29, 1.82) is 0 Å². The molecule has 4 heteroatoms. The maximum atomic E-state index is 12.4. The van der Waals surface area contributed by atoms with Crippen LogP contribution in [0.25, 0.3) is 0 Å². The van der Waals surface area contributed by atoms with E-state index in [1.165, 1.54) is 0 Å². The molecule has 0 bridgehead atoms. The highest BCUT2D eigenvalue weighted by Crippen LogP contribution is 2.03. The fourth-order valence-corrected chi connectivity index (χ4v) is 3.18. The van der Waals surface area contributed by atoms with Crippen LogP contribution < -0.4 is 10.6 Å². The lowest BCUT2D eigenvalue weighted by Crippen LogP contribution is -2.28. The molecular weight excluding hydrogens is 492 g/mol. The zero-order valence-corrected chi connectivity index (χ0v) is 24.9. The summed E-state index contributed by atoms with van der Waals surface area (Å²) in [5, 5.41) is 5.97. The predicted octanol–water partition coefficient (Wildman–Crippen LogP) is 7.74. The van der Waals surface area contributed by atoms with Gasteiger partial charge in [0, 0.05) is 24.2 Å². The van der Waals surface area contributed by atoms with Crippen molar-refractivity contribution in [3.63, 3.8) is 0 Å². The normalized spacial score (nSPS) is 21.4. The minimum atomic E-state index is -0.0624. The van der Waals surface area contributed by atoms with E-state index in [2.05, 4.69) is 36.6 Å². The van der Waals surface area contributed by atoms with Crippen molar-refractivity contribution < 1.29 is 9.59 Å². The molecule has 0 unspecified atom stereocenters. The van der Waals surface area contributed by atoms with Gasteiger partial charge in [-0.3, -0.25) is 9.59 Å². The second-order valence-electron chi connectivity index (χ2n) is 9.92. The van der Waals surface area contributed by atoms with Crippen molar-refractivity contribution in [2.24, 2.45) is 11.8 Å². The second-order valence-corrected chi connectivity index (χ2v) is 9.92. The molecule has 1 heterocycles. The molecule has 0 spiro atoms. The summed E-state index contributed by atoms with van der Waals surface area (Å²) in [6, 6.07) is 0. The van der Waals surface area contributed by atoms with Crippen molar-refractivity contribution in [1.82, 2.24) is 10.6 Å². The van der Waals surface area contributed by atoms with Gasteiger partial charge in [0.15, 0.2) is 0 Å². The highest BCUT2D eigenvalue weighted by molar-refractivity contribution is 5.93. The van der Waals surface area contributed by atoms with Crippen LogP contribution in [-0.4, -0.2) is 24.9 Å². The summed E-state index contributed by atoms with van der Waals surface area (Å²) in [6.07, 6.45) is 39.2. The Morgan fingerprint density at radius 2 is 0.850 bits per heavy atom. The molecule has 0 aromatic heterocycles.